The molecular formula is C29H33N5O5. The highest BCUT2D eigenvalue weighted by Gasteiger charge is 2.31. The van der Waals surface area contributed by atoms with E-state index in [1.165, 1.54) is 13.8 Å². The van der Waals surface area contributed by atoms with Crippen LogP contribution >= 0.6 is 0 Å². The molecule has 1 aromatic carbocycles. The number of anilines is 4. The Morgan fingerprint density at radius 2 is 1.90 bits per heavy atom. The van der Waals surface area contributed by atoms with Gasteiger partial charge < -0.3 is 25.0 Å². The van der Waals surface area contributed by atoms with Gasteiger partial charge in [0.1, 0.15) is 11.6 Å². The van der Waals surface area contributed by atoms with Crippen LogP contribution in [0.5, 0.6) is 5.75 Å². The van der Waals surface area contributed by atoms with Crippen LogP contribution in [0.1, 0.15) is 48.7 Å². The lowest BCUT2D eigenvalue weighted by Crippen LogP contribution is -2.29. The van der Waals surface area contributed by atoms with E-state index in [0.717, 1.165) is 16.8 Å². The zero-order chi connectivity index (χ0) is 28.3. The van der Waals surface area contributed by atoms with Crippen molar-refractivity contribution < 1.29 is 24.2 Å². The summed E-state index contributed by atoms with van der Waals surface area (Å²) in [5.74, 6) is 0.396. The first-order valence-corrected chi connectivity index (χ1v) is 12.8. The molecule has 1 aliphatic heterocycles. The fraction of sp³-hybridized carbons (Fsp3) is 0.345. The van der Waals surface area contributed by atoms with Crippen LogP contribution in [0, 0.1) is 12.3 Å². The van der Waals surface area contributed by atoms with Crippen molar-refractivity contribution in [1.29, 1.82) is 0 Å². The van der Waals surface area contributed by atoms with Crippen LogP contribution in [0.15, 0.2) is 48.8 Å². The van der Waals surface area contributed by atoms with Gasteiger partial charge in [0.25, 0.3) is 5.91 Å². The summed E-state index contributed by atoms with van der Waals surface area (Å²) in [6.07, 6.45) is 3.87. The van der Waals surface area contributed by atoms with E-state index in [2.05, 4.69) is 15.3 Å². The number of carbonyl (C=O) groups is 3. The maximum atomic E-state index is 13.3. The molecule has 3 aromatic rings. The van der Waals surface area contributed by atoms with Gasteiger partial charge in [-0.2, -0.15) is 0 Å². The maximum Gasteiger partial charge on any atom is 0.309 e. The summed E-state index contributed by atoms with van der Waals surface area (Å²) in [5, 5.41) is 12.0. The Morgan fingerprint density at radius 1 is 1.13 bits per heavy atom. The third kappa shape index (κ3) is 5.84. The predicted molar refractivity (Wildman–Crippen MR) is 149 cm³/mol. The van der Waals surface area contributed by atoms with Crippen molar-refractivity contribution in [3.8, 4) is 5.75 Å². The van der Waals surface area contributed by atoms with E-state index in [-0.39, 0.29) is 18.2 Å². The summed E-state index contributed by atoms with van der Waals surface area (Å²) >= 11 is 0. The van der Waals surface area contributed by atoms with Gasteiger partial charge in [0.05, 0.1) is 23.3 Å². The van der Waals surface area contributed by atoms with E-state index in [1.54, 1.807) is 42.5 Å². The zero-order valence-electron chi connectivity index (χ0n) is 22.8. The molecule has 0 spiro atoms. The second-order valence-corrected chi connectivity index (χ2v) is 10.2. The first-order valence-electron chi connectivity index (χ1n) is 12.8. The fourth-order valence-corrected chi connectivity index (χ4v) is 4.41. The lowest BCUT2D eigenvalue weighted by Gasteiger charge is -2.22. The standard InChI is InChI=1S/C29H33N5O5/c1-6-34-25-21(27(36)33(5)22-8-7-12-30-26(22)34)15-19(17-31-25)11-13-39-23-10-9-20(14-18(23)2)32-24(35)16-29(3,4)28(37)38/h7-10,12,14-15,17H,6,11,13,16H2,1-5H3,(H,32,35)(H,37,38). The maximum absolute atomic E-state index is 13.3. The summed E-state index contributed by atoms with van der Waals surface area (Å²) in [7, 11) is 1.74. The number of nitrogens with zero attached hydrogens (tertiary/aromatic N) is 4. The number of pyridine rings is 2. The Morgan fingerprint density at radius 3 is 2.59 bits per heavy atom. The molecule has 0 fully saturated rings. The molecule has 2 amide bonds. The van der Waals surface area contributed by atoms with Crippen LogP contribution in [0.25, 0.3) is 0 Å². The molecule has 0 bridgehead atoms. The SMILES string of the molecule is CCN1c2ncc(CCOc3ccc(NC(=O)CC(C)(C)C(=O)O)cc3C)cc2C(=O)N(C)c2cccnc21. The van der Waals surface area contributed by atoms with Gasteiger partial charge in [0, 0.05) is 44.5 Å². The number of aliphatic carboxylic acids is 1. The fourth-order valence-electron chi connectivity index (χ4n) is 4.41. The zero-order valence-corrected chi connectivity index (χ0v) is 22.8. The summed E-state index contributed by atoms with van der Waals surface area (Å²) in [5.41, 5.74) is 2.35. The van der Waals surface area contributed by atoms with Crippen LogP contribution in [0.4, 0.5) is 23.0 Å². The molecule has 0 saturated carbocycles. The molecule has 2 N–H and O–H groups in total. The largest absolute Gasteiger partial charge is 0.493 e. The van der Waals surface area contributed by atoms with Crippen LogP contribution in [-0.4, -0.2) is 53.1 Å². The second kappa shape index (κ2) is 11.1. The Bertz CT molecular complexity index is 1420. The van der Waals surface area contributed by atoms with Gasteiger partial charge in [0.2, 0.25) is 5.91 Å². The normalized spacial score (nSPS) is 12.9. The number of hydrogen-bond donors (Lipinski definition) is 2. The Labute approximate surface area is 227 Å². The molecule has 0 saturated heterocycles. The first-order chi connectivity index (χ1) is 18.5. The topological polar surface area (TPSA) is 125 Å². The molecule has 39 heavy (non-hydrogen) atoms. The van der Waals surface area contributed by atoms with Crippen molar-refractivity contribution in [1.82, 2.24) is 9.97 Å². The summed E-state index contributed by atoms with van der Waals surface area (Å²) in [6, 6.07) is 10.8. The number of benzene rings is 1. The number of ether oxygens (including phenoxy) is 1. The summed E-state index contributed by atoms with van der Waals surface area (Å²) < 4.78 is 5.99. The molecule has 10 nitrogen and oxygen atoms in total. The van der Waals surface area contributed by atoms with E-state index in [1.807, 2.05) is 36.9 Å². The number of aryl methyl sites for hydroxylation is 1. The average Bonchev–Trinajstić information content (AvgIpc) is 2.98. The highest BCUT2D eigenvalue weighted by molar-refractivity contribution is 6.12. The van der Waals surface area contributed by atoms with Gasteiger partial charge >= 0.3 is 5.97 Å². The summed E-state index contributed by atoms with van der Waals surface area (Å²) in [4.78, 5) is 49.6. The smallest absolute Gasteiger partial charge is 0.309 e. The minimum atomic E-state index is -1.15. The number of aromatic nitrogens is 2. The van der Waals surface area contributed by atoms with Gasteiger partial charge in [-0.05, 0) is 75.2 Å². The predicted octanol–water partition coefficient (Wildman–Crippen LogP) is 4.59. The van der Waals surface area contributed by atoms with Gasteiger partial charge in [-0.1, -0.05) is 0 Å². The van der Waals surface area contributed by atoms with Crippen molar-refractivity contribution >= 4 is 40.8 Å². The third-order valence-corrected chi connectivity index (χ3v) is 6.70. The molecular weight excluding hydrogens is 498 g/mol. The van der Waals surface area contributed by atoms with Crippen LogP contribution in [0.3, 0.4) is 0 Å². The van der Waals surface area contributed by atoms with Crippen LogP contribution in [-0.2, 0) is 16.0 Å². The van der Waals surface area contributed by atoms with Crippen molar-refractivity contribution in [3.63, 3.8) is 0 Å². The number of rotatable bonds is 9. The second-order valence-electron chi connectivity index (χ2n) is 10.2. The molecule has 204 valence electrons. The highest BCUT2D eigenvalue weighted by Crippen LogP contribution is 2.37. The van der Waals surface area contributed by atoms with E-state index in [4.69, 9.17) is 4.74 Å². The van der Waals surface area contributed by atoms with Gasteiger partial charge in [-0.3, -0.25) is 14.4 Å². The lowest BCUT2D eigenvalue weighted by molar-refractivity contribution is -0.148. The Balaban J connectivity index is 1.42. The Kier molecular flexibility index (Phi) is 7.85. The number of nitrogens with one attached hydrogen (secondary N) is 1. The Hall–Kier alpha value is -4.47. The average molecular weight is 532 g/mol. The minimum Gasteiger partial charge on any atom is -0.493 e. The van der Waals surface area contributed by atoms with E-state index in [9.17, 15) is 19.5 Å². The van der Waals surface area contributed by atoms with Gasteiger partial charge in [0.15, 0.2) is 5.82 Å². The van der Waals surface area contributed by atoms with Crippen molar-refractivity contribution in [2.75, 3.05) is 35.3 Å². The van der Waals surface area contributed by atoms with Gasteiger partial charge in [-0.15, -0.1) is 0 Å². The number of amides is 2. The molecule has 0 unspecified atom stereocenters. The van der Waals surface area contributed by atoms with E-state index in [0.29, 0.717) is 48.2 Å². The number of hydrogen-bond acceptors (Lipinski definition) is 7. The summed E-state index contributed by atoms with van der Waals surface area (Å²) in [6.45, 7) is 7.87. The van der Waals surface area contributed by atoms with E-state index < -0.39 is 11.4 Å². The first kappa shape index (κ1) is 27.6. The number of carbonyl (C=O) groups excluding carboxylic acids is 2. The quantitative estimate of drug-likeness (QED) is 0.411. The van der Waals surface area contributed by atoms with Gasteiger partial charge in [-0.25, -0.2) is 9.97 Å². The van der Waals surface area contributed by atoms with Crippen LogP contribution in [0.2, 0.25) is 0 Å². The highest BCUT2D eigenvalue weighted by atomic mass is 16.5. The lowest BCUT2D eigenvalue weighted by atomic mass is 9.89. The molecule has 0 atom stereocenters. The minimum absolute atomic E-state index is 0.134. The van der Waals surface area contributed by atoms with Crippen molar-refractivity contribution in [2.24, 2.45) is 5.41 Å². The molecule has 0 aliphatic carbocycles. The molecule has 10 heteroatoms. The van der Waals surface area contributed by atoms with Crippen molar-refractivity contribution in [2.45, 2.75) is 40.5 Å². The third-order valence-electron chi connectivity index (χ3n) is 6.70. The monoisotopic (exact) mass is 531 g/mol. The molecule has 1 aliphatic rings. The number of carboxylic acids is 1. The molecule has 0 radical (unpaired) electrons. The molecule has 4 rings (SSSR count). The van der Waals surface area contributed by atoms with E-state index >= 15 is 0 Å². The van der Waals surface area contributed by atoms with Crippen molar-refractivity contribution in [3.05, 3.63) is 65.5 Å². The molecule has 3 heterocycles. The van der Waals surface area contributed by atoms with Crippen LogP contribution < -0.4 is 19.9 Å². The molecule has 2 aromatic heterocycles. The number of carboxylic acid groups (broad SMARTS) is 1. The number of fused-ring (bicyclic) bond motifs is 2.